The minimum atomic E-state index is -0.574. The average molecular weight is 348 g/mol. The lowest BCUT2D eigenvalue weighted by Gasteiger charge is -2.33. The Bertz CT molecular complexity index is 654. The van der Waals surface area contributed by atoms with Gasteiger partial charge in [0.2, 0.25) is 0 Å². The molecule has 2 aliphatic rings. The van der Waals surface area contributed by atoms with Crippen LogP contribution in [-0.2, 0) is 0 Å². The summed E-state index contributed by atoms with van der Waals surface area (Å²) in [4.78, 5) is 12.5. The van der Waals surface area contributed by atoms with Crippen LogP contribution in [0.4, 0.5) is 10.1 Å². The average Bonchev–Trinajstić information content (AvgIpc) is 2.63. The molecule has 3 rings (SSSR count). The summed E-state index contributed by atoms with van der Waals surface area (Å²) in [6.45, 7) is 3.06. The highest BCUT2D eigenvalue weighted by atomic mass is 19.1. The van der Waals surface area contributed by atoms with Crippen molar-refractivity contribution in [1.82, 2.24) is 4.90 Å². The molecule has 0 aromatic heterocycles. The number of non-ortho nitro benzene ring substituents is 1. The number of halogens is 1. The molecule has 1 aliphatic heterocycles. The van der Waals surface area contributed by atoms with Crippen molar-refractivity contribution in [3.8, 4) is 0 Å². The summed E-state index contributed by atoms with van der Waals surface area (Å²) < 4.78 is 14.2. The third-order valence-corrected chi connectivity index (χ3v) is 5.54. The SMILES string of the molecule is O=[N+]([O-])c1ccc(C2=CCN(CC3CCC(CO)CC3)CC2)c(F)c1. The smallest absolute Gasteiger partial charge is 0.272 e. The number of nitro groups is 1. The molecule has 0 saturated heterocycles. The Hall–Kier alpha value is -1.79. The Labute approximate surface area is 147 Å². The van der Waals surface area contributed by atoms with E-state index in [4.69, 9.17) is 0 Å². The first kappa shape index (κ1) is 18.0. The van der Waals surface area contributed by atoms with Crippen LogP contribution in [-0.4, -0.2) is 41.2 Å². The van der Waals surface area contributed by atoms with Gasteiger partial charge in [-0.1, -0.05) is 6.08 Å². The van der Waals surface area contributed by atoms with Gasteiger partial charge in [0.15, 0.2) is 0 Å². The monoisotopic (exact) mass is 348 g/mol. The lowest BCUT2D eigenvalue weighted by Crippen LogP contribution is -2.35. The first-order valence-electron chi connectivity index (χ1n) is 9.03. The van der Waals surface area contributed by atoms with Gasteiger partial charge in [-0.2, -0.15) is 0 Å². The van der Waals surface area contributed by atoms with E-state index in [0.29, 0.717) is 24.0 Å². The molecule has 0 radical (unpaired) electrons. The third kappa shape index (κ3) is 4.44. The van der Waals surface area contributed by atoms with E-state index in [0.717, 1.165) is 50.5 Å². The van der Waals surface area contributed by atoms with Crippen LogP contribution >= 0.6 is 0 Å². The van der Waals surface area contributed by atoms with Crippen molar-refractivity contribution in [1.29, 1.82) is 0 Å². The molecular weight excluding hydrogens is 323 g/mol. The number of hydrogen-bond acceptors (Lipinski definition) is 4. The largest absolute Gasteiger partial charge is 0.396 e. The molecule has 1 N–H and O–H groups in total. The highest BCUT2D eigenvalue weighted by Gasteiger charge is 2.24. The van der Waals surface area contributed by atoms with Gasteiger partial charge < -0.3 is 5.11 Å². The maximum atomic E-state index is 14.2. The summed E-state index contributed by atoms with van der Waals surface area (Å²) in [6, 6.07) is 3.89. The molecule has 25 heavy (non-hydrogen) atoms. The zero-order valence-electron chi connectivity index (χ0n) is 14.4. The number of nitrogens with zero attached hydrogens (tertiary/aromatic N) is 2. The van der Waals surface area contributed by atoms with Crippen LogP contribution in [0.25, 0.3) is 5.57 Å². The molecule has 0 atom stereocenters. The van der Waals surface area contributed by atoms with Gasteiger partial charge in [0.1, 0.15) is 5.82 Å². The van der Waals surface area contributed by atoms with Crippen LogP contribution in [0.5, 0.6) is 0 Å². The molecule has 1 saturated carbocycles. The van der Waals surface area contributed by atoms with Crippen molar-refractivity contribution >= 4 is 11.3 Å². The fraction of sp³-hybridized carbons (Fsp3) is 0.579. The number of rotatable bonds is 5. The number of aliphatic hydroxyl groups is 1. The quantitative estimate of drug-likeness (QED) is 0.652. The molecule has 1 aromatic carbocycles. The van der Waals surface area contributed by atoms with Gasteiger partial charge >= 0.3 is 0 Å². The van der Waals surface area contributed by atoms with E-state index in [9.17, 15) is 19.6 Å². The molecule has 1 fully saturated rings. The number of benzene rings is 1. The number of nitro benzene ring substituents is 1. The van der Waals surface area contributed by atoms with Crippen molar-refractivity contribution in [2.75, 3.05) is 26.2 Å². The lowest BCUT2D eigenvalue weighted by molar-refractivity contribution is -0.385. The highest BCUT2D eigenvalue weighted by molar-refractivity contribution is 5.68. The highest BCUT2D eigenvalue weighted by Crippen LogP contribution is 2.31. The van der Waals surface area contributed by atoms with Crippen LogP contribution in [0, 0.1) is 27.8 Å². The normalized spacial score (nSPS) is 24.8. The predicted octanol–water partition coefficient (Wildman–Crippen LogP) is 3.62. The Morgan fingerprint density at radius 2 is 1.96 bits per heavy atom. The minimum absolute atomic E-state index is 0.210. The van der Waals surface area contributed by atoms with Gasteiger partial charge in [-0.05, 0) is 55.6 Å². The Kier molecular flexibility index (Phi) is 5.81. The molecule has 136 valence electrons. The van der Waals surface area contributed by atoms with E-state index in [1.807, 2.05) is 6.08 Å². The topological polar surface area (TPSA) is 66.6 Å². The Balaban J connectivity index is 1.57. The van der Waals surface area contributed by atoms with Crippen LogP contribution in [0.1, 0.15) is 37.7 Å². The van der Waals surface area contributed by atoms with Gasteiger partial charge in [-0.25, -0.2) is 4.39 Å². The van der Waals surface area contributed by atoms with Gasteiger partial charge in [0.25, 0.3) is 5.69 Å². The number of hydrogen-bond donors (Lipinski definition) is 1. The molecule has 5 nitrogen and oxygen atoms in total. The fourth-order valence-electron chi connectivity index (χ4n) is 3.96. The lowest BCUT2D eigenvalue weighted by atomic mass is 9.82. The van der Waals surface area contributed by atoms with Crippen LogP contribution in [0.3, 0.4) is 0 Å². The molecule has 1 aromatic rings. The first-order chi connectivity index (χ1) is 12.1. The van der Waals surface area contributed by atoms with E-state index in [2.05, 4.69) is 4.90 Å². The maximum absolute atomic E-state index is 14.2. The second kappa shape index (κ2) is 8.06. The van der Waals surface area contributed by atoms with Crippen LogP contribution in [0.15, 0.2) is 24.3 Å². The van der Waals surface area contributed by atoms with E-state index >= 15 is 0 Å². The molecule has 0 amide bonds. The summed E-state index contributed by atoms with van der Waals surface area (Å²) in [5.41, 5.74) is 1.21. The van der Waals surface area contributed by atoms with Crippen molar-refractivity contribution in [3.63, 3.8) is 0 Å². The Morgan fingerprint density at radius 3 is 2.52 bits per heavy atom. The van der Waals surface area contributed by atoms with Crippen molar-refractivity contribution < 1.29 is 14.4 Å². The number of aliphatic hydroxyl groups excluding tert-OH is 1. The van der Waals surface area contributed by atoms with Crippen molar-refractivity contribution in [2.45, 2.75) is 32.1 Å². The van der Waals surface area contributed by atoms with E-state index in [1.54, 1.807) is 0 Å². The van der Waals surface area contributed by atoms with Gasteiger partial charge in [0, 0.05) is 37.9 Å². The molecule has 0 bridgehead atoms. The van der Waals surface area contributed by atoms with Gasteiger partial charge in [0.05, 0.1) is 11.0 Å². The van der Waals surface area contributed by atoms with E-state index < -0.39 is 10.7 Å². The van der Waals surface area contributed by atoms with Crippen molar-refractivity contribution in [2.24, 2.45) is 11.8 Å². The zero-order chi connectivity index (χ0) is 17.8. The summed E-state index contributed by atoms with van der Waals surface area (Å²) >= 11 is 0. The first-order valence-corrected chi connectivity index (χ1v) is 9.03. The second-order valence-corrected chi connectivity index (χ2v) is 7.23. The second-order valence-electron chi connectivity index (χ2n) is 7.23. The molecular formula is C19H25FN2O3. The fourth-order valence-corrected chi connectivity index (χ4v) is 3.96. The Morgan fingerprint density at radius 1 is 1.24 bits per heavy atom. The van der Waals surface area contributed by atoms with Crippen LogP contribution < -0.4 is 0 Å². The van der Waals surface area contributed by atoms with Gasteiger partial charge in [-0.15, -0.1) is 0 Å². The van der Waals surface area contributed by atoms with Gasteiger partial charge in [-0.3, -0.25) is 15.0 Å². The third-order valence-electron chi connectivity index (χ3n) is 5.54. The predicted molar refractivity (Wildman–Crippen MR) is 94.6 cm³/mol. The van der Waals surface area contributed by atoms with Crippen molar-refractivity contribution in [3.05, 3.63) is 45.8 Å². The zero-order valence-corrected chi connectivity index (χ0v) is 14.4. The molecule has 1 heterocycles. The summed E-state index contributed by atoms with van der Waals surface area (Å²) in [5.74, 6) is 0.652. The van der Waals surface area contributed by atoms with E-state index in [1.165, 1.54) is 25.0 Å². The standard InChI is InChI=1S/C19H25FN2O3/c20-19-11-17(22(24)25)5-6-18(19)16-7-9-21(10-8-16)12-14-1-3-15(13-23)4-2-14/h5-7,11,14-15,23H,1-4,8-10,12-13H2. The molecule has 6 heteroatoms. The molecule has 0 unspecified atom stereocenters. The molecule has 1 aliphatic carbocycles. The summed E-state index contributed by atoms with van der Waals surface area (Å²) in [7, 11) is 0. The maximum Gasteiger partial charge on any atom is 0.272 e. The molecule has 0 spiro atoms. The van der Waals surface area contributed by atoms with E-state index in [-0.39, 0.29) is 5.69 Å². The summed E-state index contributed by atoms with van der Waals surface area (Å²) in [6.07, 6.45) is 7.40. The minimum Gasteiger partial charge on any atom is -0.396 e. The van der Waals surface area contributed by atoms with Crippen LogP contribution in [0.2, 0.25) is 0 Å². The summed E-state index contributed by atoms with van der Waals surface area (Å²) in [5, 5.41) is 19.9.